The zero-order valence-electron chi connectivity index (χ0n) is 17.1. The molecule has 146 valence electrons. The third kappa shape index (κ3) is 2.41. The first-order chi connectivity index (χ1) is 14.7. The van der Waals surface area contributed by atoms with Gasteiger partial charge in [0.2, 0.25) is 0 Å². The van der Waals surface area contributed by atoms with Crippen molar-refractivity contribution < 1.29 is 4.42 Å². The van der Waals surface area contributed by atoms with E-state index in [1.54, 1.807) is 0 Å². The summed E-state index contributed by atoms with van der Waals surface area (Å²) < 4.78 is 6.19. The van der Waals surface area contributed by atoms with Crippen molar-refractivity contribution in [3.63, 3.8) is 0 Å². The maximum absolute atomic E-state index is 6.19. The van der Waals surface area contributed by atoms with Crippen LogP contribution in [0.5, 0.6) is 0 Å². The smallest absolute Gasteiger partial charge is 0.304 e. The number of rotatable bonds is 2. The fourth-order valence-electron chi connectivity index (χ4n) is 4.80. The van der Waals surface area contributed by atoms with Crippen LogP contribution in [0.2, 0.25) is 6.82 Å². The van der Waals surface area contributed by atoms with Gasteiger partial charge in [-0.3, -0.25) is 5.01 Å². The first kappa shape index (κ1) is 17.3. The summed E-state index contributed by atoms with van der Waals surface area (Å²) in [7, 11) is 0. The van der Waals surface area contributed by atoms with Crippen molar-refractivity contribution in [1.82, 2.24) is 4.92 Å². The Labute approximate surface area is 176 Å². The number of para-hydroxylation sites is 4. The summed E-state index contributed by atoms with van der Waals surface area (Å²) in [5.74, 6) is 2.31. The van der Waals surface area contributed by atoms with Crippen molar-refractivity contribution in [1.29, 1.82) is 0 Å². The summed E-state index contributed by atoms with van der Waals surface area (Å²) in [5.41, 5.74) is 5.46. The van der Waals surface area contributed by atoms with Gasteiger partial charge in [0.15, 0.2) is 5.42 Å². The van der Waals surface area contributed by atoms with Gasteiger partial charge in [-0.05, 0) is 37.3 Å². The highest BCUT2D eigenvalue weighted by atomic mass is 16.3. The summed E-state index contributed by atoms with van der Waals surface area (Å²) in [5, 5.41) is 4.74. The van der Waals surface area contributed by atoms with Crippen molar-refractivity contribution in [3.05, 3.63) is 89.5 Å². The number of hydrazine groups is 1. The lowest BCUT2D eigenvalue weighted by atomic mass is 9.63. The van der Waals surface area contributed by atoms with Crippen molar-refractivity contribution in [3.8, 4) is 0 Å². The molecule has 1 aromatic heterocycles. The molecule has 3 heterocycles. The molecule has 0 N–H and O–H groups in total. The van der Waals surface area contributed by atoms with Crippen molar-refractivity contribution in [2.24, 2.45) is 0 Å². The molecule has 0 bridgehead atoms. The van der Waals surface area contributed by atoms with Crippen molar-refractivity contribution in [2.45, 2.75) is 19.9 Å². The number of hydrogen-bond donors (Lipinski definition) is 0. The van der Waals surface area contributed by atoms with Crippen LogP contribution in [0.4, 0.5) is 17.1 Å². The quantitative estimate of drug-likeness (QED) is 0.474. The van der Waals surface area contributed by atoms with Gasteiger partial charge in [-0.1, -0.05) is 61.3 Å². The van der Waals surface area contributed by atoms with Crippen LogP contribution in [0.15, 0.2) is 83.3 Å². The lowest BCUT2D eigenvalue weighted by molar-refractivity contribution is 0.484. The van der Waals surface area contributed by atoms with Gasteiger partial charge in [-0.25, -0.2) is 0 Å². The van der Waals surface area contributed by atoms with Crippen LogP contribution >= 0.6 is 0 Å². The standard InChI is InChI=1S/C25H22BN3O/c1-18-28(19-10-4-3-5-11-19)22-13-7-8-14-23(22)29(18)27-17-25-21(16-26(27)2)20-12-6-9-15-24(20)30-25/h3-18H,1-2H3/t18-/m0/s1. The van der Waals surface area contributed by atoms with E-state index < -0.39 is 0 Å². The van der Waals surface area contributed by atoms with Crippen LogP contribution in [0.3, 0.4) is 0 Å². The highest BCUT2D eigenvalue weighted by Gasteiger charge is 2.38. The third-order valence-electron chi connectivity index (χ3n) is 6.14. The average Bonchev–Trinajstić information content (AvgIpc) is 3.28. The molecule has 4 nitrogen and oxygen atoms in total. The van der Waals surface area contributed by atoms with E-state index in [0.29, 0.717) is 0 Å². The number of benzene rings is 3. The zero-order chi connectivity index (χ0) is 20.2. The summed E-state index contributed by atoms with van der Waals surface area (Å²) in [6.45, 7) is 4.69. The molecule has 0 radical (unpaired) electrons. The third-order valence-corrected chi connectivity index (χ3v) is 6.14. The Hall–Kier alpha value is -3.60. The van der Waals surface area contributed by atoms with Gasteiger partial charge in [0.1, 0.15) is 11.7 Å². The second-order valence-electron chi connectivity index (χ2n) is 7.96. The summed E-state index contributed by atoms with van der Waals surface area (Å²) in [6, 6.07) is 27.5. The first-order valence-electron chi connectivity index (χ1n) is 10.4. The van der Waals surface area contributed by atoms with Gasteiger partial charge in [-0.15, -0.1) is 0 Å². The normalized spacial score (nSPS) is 17.6. The second-order valence-corrected chi connectivity index (χ2v) is 7.96. The van der Waals surface area contributed by atoms with E-state index in [0.717, 1.165) is 11.0 Å². The Balaban J connectivity index is 1.51. The Kier molecular flexibility index (Phi) is 3.72. The van der Waals surface area contributed by atoms with E-state index in [2.05, 4.69) is 107 Å². The van der Waals surface area contributed by atoms with Crippen LogP contribution in [0.1, 0.15) is 6.92 Å². The monoisotopic (exact) mass is 391 g/mol. The zero-order valence-corrected chi connectivity index (χ0v) is 17.1. The van der Waals surface area contributed by atoms with Gasteiger partial charge in [0.25, 0.3) is 0 Å². The largest absolute Gasteiger partial charge is 0.455 e. The lowest BCUT2D eigenvalue weighted by Crippen LogP contribution is -2.55. The Morgan fingerprint density at radius 3 is 2.37 bits per heavy atom. The summed E-state index contributed by atoms with van der Waals surface area (Å²) in [4.78, 5) is 4.70. The number of anilines is 3. The molecule has 0 spiro atoms. The SMILES string of the molecule is CB1C=c2c(oc3ccccc23)=CN1N1c2ccccc2N(c2ccccc2)[C@@H]1C. The van der Waals surface area contributed by atoms with Gasteiger partial charge >= 0.3 is 6.85 Å². The molecular formula is C25H22BN3O. The molecular weight excluding hydrogens is 369 g/mol. The number of furan rings is 1. The number of fused-ring (bicyclic) bond motifs is 4. The van der Waals surface area contributed by atoms with E-state index >= 15 is 0 Å². The maximum Gasteiger partial charge on any atom is 0.304 e. The predicted molar refractivity (Wildman–Crippen MR) is 125 cm³/mol. The molecule has 2 aliphatic rings. The van der Waals surface area contributed by atoms with E-state index in [1.807, 2.05) is 12.1 Å². The molecule has 0 saturated carbocycles. The fourth-order valence-corrected chi connectivity index (χ4v) is 4.80. The highest BCUT2D eigenvalue weighted by molar-refractivity contribution is 6.70. The topological polar surface area (TPSA) is 22.9 Å². The Bertz CT molecular complexity index is 1360. The maximum atomic E-state index is 6.19. The first-order valence-corrected chi connectivity index (χ1v) is 10.4. The van der Waals surface area contributed by atoms with Crippen LogP contribution < -0.4 is 20.5 Å². The van der Waals surface area contributed by atoms with Crippen LogP contribution in [0, 0.1) is 0 Å². The van der Waals surface area contributed by atoms with Crippen LogP contribution in [-0.2, 0) is 0 Å². The Morgan fingerprint density at radius 1 is 0.833 bits per heavy atom. The summed E-state index contributed by atoms with van der Waals surface area (Å²) in [6.07, 6.45) is 2.28. The molecule has 6 rings (SSSR count). The molecule has 0 aliphatic carbocycles. The Morgan fingerprint density at radius 2 is 1.53 bits per heavy atom. The predicted octanol–water partition coefficient (Wildman–Crippen LogP) is 4.35. The molecule has 0 saturated heterocycles. The van der Waals surface area contributed by atoms with Crippen molar-refractivity contribution >= 4 is 47.1 Å². The minimum Gasteiger partial charge on any atom is -0.455 e. The van der Waals surface area contributed by atoms with Crippen LogP contribution in [0.25, 0.3) is 23.1 Å². The van der Waals surface area contributed by atoms with Gasteiger partial charge in [0.05, 0.1) is 17.6 Å². The summed E-state index contributed by atoms with van der Waals surface area (Å²) >= 11 is 0. The molecule has 4 aromatic rings. The van der Waals surface area contributed by atoms with Crippen LogP contribution in [-0.4, -0.2) is 17.9 Å². The molecule has 5 heteroatoms. The van der Waals surface area contributed by atoms with E-state index in [-0.39, 0.29) is 13.0 Å². The number of nitrogens with zero attached hydrogens (tertiary/aromatic N) is 3. The minimum absolute atomic E-state index is 0.128. The van der Waals surface area contributed by atoms with Gasteiger partial charge in [0, 0.05) is 16.3 Å². The molecule has 0 unspecified atom stereocenters. The van der Waals surface area contributed by atoms with E-state index in [9.17, 15) is 0 Å². The van der Waals surface area contributed by atoms with E-state index in [4.69, 9.17) is 4.42 Å². The molecule has 3 aromatic carbocycles. The molecule has 0 amide bonds. The molecule has 0 fully saturated rings. The molecule has 1 atom stereocenters. The fraction of sp³-hybridized carbons (Fsp3) is 0.120. The number of hydrogen-bond acceptors (Lipinski definition) is 4. The average molecular weight is 391 g/mol. The van der Waals surface area contributed by atoms with Gasteiger partial charge < -0.3 is 14.2 Å². The van der Waals surface area contributed by atoms with Gasteiger partial charge in [-0.2, -0.15) is 0 Å². The van der Waals surface area contributed by atoms with Crippen molar-refractivity contribution in [2.75, 3.05) is 9.91 Å². The second kappa shape index (κ2) is 6.46. The van der Waals surface area contributed by atoms with E-state index in [1.165, 1.54) is 27.7 Å². The highest BCUT2D eigenvalue weighted by Crippen LogP contribution is 2.44. The lowest BCUT2D eigenvalue weighted by Gasteiger charge is -2.40. The molecule has 2 aliphatic heterocycles. The minimum atomic E-state index is 0.128. The molecule has 30 heavy (non-hydrogen) atoms.